The smallest absolute Gasteiger partial charge is 0.273 e. The van der Waals surface area contributed by atoms with Gasteiger partial charge in [0, 0.05) is 17.5 Å². The van der Waals surface area contributed by atoms with Crippen molar-refractivity contribution < 1.29 is 9.59 Å². The van der Waals surface area contributed by atoms with Gasteiger partial charge in [0.15, 0.2) is 0 Å². The minimum Gasteiger partial charge on any atom is -0.397 e. The summed E-state index contributed by atoms with van der Waals surface area (Å²) in [7, 11) is 0. The first-order chi connectivity index (χ1) is 9.50. The molecule has 0 bridgehead atoms. The monoisotopic (exact) mass is 272 g/mol. The Hall–Kier alpha value is -2.63. The molecule has 6 heteroatoms. The Morgan fingerprint density at radius 1 is 1.20 bits per heavy atom. The van der Waals surface area contributed by atoms with Gasteiger partial charge in [0.1, 0.15) is 0 Å². The van der Waals surface area contributed by atoms with Gasteiger partial charge in [-0.1, -0.05) is 32.0 Å². The fourth-order valence-corrected chi connectivity index (χ4v) is 1.67. The van der Waals surface area contributed by atoms with Crippen LogP contribution in [0.5, 0.6) is 0 Å². The van der Waals surface area contributed by atoms with Gasteiger partial charge < -0.3 is 5.73 Å². The van der Waals surface area contributed by atoms with Crippen LogP contribution in [0, 0.1) is 5.92 Å². The number of hydrogen-bond acceptors (Lipinski definition) is 4. The van der Waals surface area contributed by atoms with Crippen molar-refractivity contribution in [2.24, 2.45) is 5.92 Å². The Morgan fingerprint density at radius 3 is 2.60 bits per heavy atom. The minimum absolute atomic E-state index is 0.220. The maximum absolute atomic E-state index is 12.0. The molecular formula is C14H16N4O2. The first-order valence-corrected chi connectivity index (χ1v) is 6.24. The lowest BCUT2D eigenvalue weighted by Gasteiger charge is -2.11. The molecule has 0 aliphatic rings. The van der Waals surface area contributed by atoms with E-state index in [2.05, 4.69) is 15.8 Å². The molecule has 1 aromatic carbocycles. The number of hydrazine groups is 1. The number of nitrogens with zero attached hydrogens (tertiary/aromatic N) is 1. The molecule has 0 fully saturated rings. The Kier molecular flexibility index (Phi) is 3.84. The molecule has 0 atom stereocenters. The van der Waals surface area contributed by atoms with Gasteiger partial charge in [0.05, 0.1) is 16.8 Å². The molecule has 0 saturated heterocycles. The molecule has 2 aromatic rings. The molecule has 6 nitrogen and oxygen atoms in total. The molecule has 0 aliphatic carbocycles. The van der Waals surface area contributed by atoms with E-state index in [1.807, 2.05) is 18.2 Å². The predicted molar refractivity (Wildman–Crippen MR) is 76.6 cm³/mol. The van der Waals surface area contributed by atoms with Gasteiger partial charge in [0.2, 0.25) is 5.91 Å². The highest BCUT2D eigenvalue weighted by molar-refractivity contribution is 6.06. The maximum Gasteiger partial charge on any atom is 0.273 e. The van der Waals surface area contributed by atoms with E-state index in [-0.39, 0.29) is 17.4 Å². The molecule has 4 N–H and O–H groups in total. The van der Waals surface area contributed by atoms with Crippen LogP contribution in [0.2, 0.25) is 0 Å². The van der Waals surface area contributed by atoms with Crippen molar-refractivity contribution in [2.75, 3.05) is 5.73 Å². The molecule has 0 aliphatic heterocycles. The molecular weight excluding hydrogens is 256 g/mol. The van der Waals surface area contributed by atoms with Gasteiger partial charge >= 0.3 is 0 Å². The summed E-state index contributed by atoms with van der Waals surface area (Å²) >= 11 is 0. The third-order valence-electron chi connectivity index (χ3n) is 2.89. The first-order valence-electron chi connectivity index (χ1n) is 6.24. The summed E-state index contributed by atoms with van der Waals surface area (Å²) in [5.74, 6) is -0.984. The molecule has 0 saturated carbocycles. The van der Waals surface area contributed by atoms with Gasteiger partial charge in [-0.25, -0.2) is 0 Å². The predicted octanol–water partition coefficient (Wildman–Crippen LogP) is 1.23. The Balaban J connectivity index is 2.22. The Bertz CT molecular complexity index is 667. The average Bonchev–Trinajstić information content (AvgIpc) is 2.45. The maximum atomic E-state index is 12.0. The number of benzene rings is 1. The van der Waals surface area contributed by atoms with Crippen molar-refractivity contribution in [3.8, 4) is 0 Å². The Morgan fingerprint density at radius 2 is 1.90 bits per heavy atom. The highest BCUT2D eigenvalue weighted by Gasteiger charge is 2.14. The standard InChI is InChI=1S/C14H16N4O2/c1-8(2)13(19)17-18-14(20)10-7-16-11-6-4-3-5-9(11)12(10)15/h3-8H,1-2H3,(H2,15,16)(H,17,19)(H,18,20). The molecule has 1 aromatic heterocycles. The van der Waals surface area contributed by atoms with Gasteiger partial charge in [-0.05, 0) is 6.07 Å². The van der Waals surface area contributed by atoms with Crippen LogP contribution in [-0.4, -0.2) is 16.8 Å². The van der Waals surface area contributed by atoms with Crippen molar-refractivity contribution in [1.82, 2.24) is 15.8 Å². The quantitative estimate of drug-likeness (QED) is 0.716. The summed E-state index contributed by atoms with van der Waals surface area (Å²) in [5.41, 5.74) is 11.9. The summed E-state index contributed by atoms with van der Waals surface area (Å²) in [6, 6.07) is 7.27. The molecule has 2 rings (SSSR count). The number of nitrogens with one attached hydrogen (secondary N) is 2. The van der Waals surface area contributed by atoms with E-state index in [9.17, 15) is 9.59 Å². The normalized spacial score (nSPS) is 10.6. The highest BCUT2D eigenvalue weighted by Crippen LogP contribution is 2.22. The van der Waals surface area contributed by atoms with Gasteiger partial charge in [-0.2, -0.15) is 0 Å². The number of fused-ring (bicyclic) bond motifs is 1. The second-order valence-corrected chi connectivity index (χ2v) is 4.70. The van der Waals surface area contributed by atoms with Crippen LogP contribution in [0.3, 0.4) is 0 Å². The zero-order valence-electron chi connectivity index (χ0n) is 11.3. The van der Waals surface area contributed by atoms with Crippen LogP contribution in [-0.2, 0) is 4.79 Å². The van der Waals surface area contributed by atoms with Crippen LogP contribution >= 0.6 is 0 Å². The molecule has 0 spiro atoms. The number of carbonyl (C=O) groups excluding carboxylic acids is 2. The molecule has 0 unspecified atom stereocenters. The number of anilines is 1. The molecule has 20 heavy (non-hydrogen) atoms. The number of pyridine rings is 1. The third-order valence-corrected chi connectivity index (χ3v) is 2.89. The second kappa shape index (κ2) is 5.56. The lowest BCUT2D eigenvalue weighted by molar-refractivity contribution is -0.124. The van der Waals surface area contributed by atoms with E-state index >= 15 is 0 Å². The third kappa shape index (κ3) is 2.69. The zero-order chi connectivity index (χ0) is 14.7. The van der Waals surface area contributed by atoms with E-state index in [1.165, 1.54) is 6.20 Å². The number of nitrogen functional groups attached to an aromatic ring is 1. The summed E-state index contributed by atoms with van der Waals surface area (Å²) in [5, 5.41) is 0.704. The fraction of sp³-hybridized carbons (Fsp3) is 0.214. The van der Waals surface area contributed by atoms with Gasteiger partial charge in [0.25, 0.3) is 5.91 Å². The zero-order valence-corrected chi connectivity index (χ0v) is 11.3. The summed E-state index contributed by atoms with van der Waals surface area (Å²) in [6.45, 7) is 3.46. The van der Waals surface area contributed by atoms with Crippen LogP contribution < -0.4 is 16.6 Å². The first kappa shape index (κ1) is 13.8. The number of carbonyl (C=O) groups is 2. The summed E-state index contributed by atoms with van der Waals surface area (Å²) in [4.78, 5) is 27.6. The van der Waals surface area contributed by atoms with Crippen LogP contribution in [0.25, 0.3) is 10.9 Å². The van der Waals surface area contributed by atoms with Crippen molar-refractivity contribution in [3.63, 3.8) is 0 Å². The van der Waals surface area contributed by atoms with E-state index in [0.29, 0.717) is 16.6 Å². The summed E-state index contributed by atoms with van der Waals surface area (Å²) < 4.78 is 0. The average molecular weight is 272 g/mol. The minimum atomic E-state index is -0.491. The van der Waals surface area contributed by atoms with Crippen molar-refractivity contribution in [3.05, 3.63) is 36.0 Å². The van der Waals surface area contributed by atoms with Crippen LogP contribution in [0.15, 0.2) is 30.5 Å². The topological polar surface area (TPSA) is 97.1 Å². The second-order valence-electron chi connectivity index (χ2n) is 4.70. The number of amides is 2. The number of rotatable bonds is 2. The molecule has 2 amide bonds. The van der Waals surface area contributed by atoms with Crippen molar-refractivity contribution >= 4 is 28.4 Å². The fourth-order valence-electron chi connectivity index (χ4n) is 1.67. The number of nitrogens with two attached hydrogens (primary N) is 1. The molecule has 0 radical (unpaired) electrons. The van der Waals surface area contributed by atoms with Crippen LogP contribution in [0.4, 0.5) is 5.69 Å². The van der Waals surface area contributed by atoms with E-state index in [4.69, 9.17) is 5.73 Å². The van der Waals surface area contributed by atoms with Crippen LogP contribution in [0.1, 0.15) is 24.2 Å². The van der Waals surface area contributed by atoms with Gasteiger partial charge in [-0.3, -0.25) is 25.4 Å². The van der Waals surface area contributed by atoms with Crippen molar-refractivity contribution in [2.45, 2.75) is 13.8 Å². The lowest BCUT2D eigenvalue weighted by Crippen LogP contribution is -2.43. The summed E-state index contributed by atoms with van der Waals surface area (Å²) in [6.07, 6.45) is 1.40. The van der Waals surface area contributed by atoms with Crippen molar-refractivity contribution in [1.29, 1.82) is 0 Å². The lowest BCUT2D eigenvalue weighted by atomic mass is 10.1. The van der Waals surface area contributed by atoms with E-state index < -0.39 is 5.91 Å². The van der Waals surface area contributed by atoms with Gasteiger partial charge in [-0.15, -0.1) is 0 Å². The largest absolute Gasteiger partial charge is 0.397 e. The molecule has 104 valence electrons. The van der Waals surface area contributed by atoms with E-state index in [1.54, 1.807) is 19.9 Å². The Labute approximate surface area is 116 Å². The highest BCUT2D eigenvalue weighted by atomic mass is 16.2. The molecule has 1 heterocycles. The SMILES string of the molecule is CC(C)C(=O)NNC(=O)c1cnc2ccccc2c1N. The number of para-hydroxylation sites is 1. The van der Waals surface area contributed by atoms with E-state index in [0.717, 1.165) is 0 Å². The number of aromatic nitrogens is 1. The number of hydrogen-bond donors (Lipinski definition) is 3.